The molecule has 2 heterocycles. The van der Waals surface area contributed by atoms with Crippen LogP contribution in [0.3, 0.4) is 0 Å². The summed E-state index contributed by atoms with van der Waals surface area (Å²) in [5.74, 6) is 1.44. The van der Waals surface area contributed by atoms with Crippen LogP contribution in [0.2, 0.25) is 0 Å². The van der Waals surface area contributed by atoms with Crippen LogP contribution >= 0.6 is 24.0 Å². The van der Waals surface area contributed by atoms with Crippen LogP contribution in [0.25, 0.3) is 0 Å². The molecule has 1 atom stereocenters. The van der Waals surface area contributed by atoms with E-state index >= 15 is 0 Å². The maximum absolute atomic E-state index is 12.1. The fraction of sp³-hybridized carbons (Fsp3) is 0.636. The summed E-state index contributed by atoms with van der Waals surface area (Å²) >= 11 is 0. The molecule has 1 aromatic carbocycles. The first-order valence-corrected chi connectivity index (χ1v) is 11.4. The van der Waals surface area contributed by atoms with Gasteiger partial charge in [-0.1, -0.05) is 12.1 Å². The quantitative estimate of drug-likeness (QED) is 0.160. The summed E-state index contributed by atoms with van der Waals surface area (Å²) in [5, 5.41) is 17.4. The van der Waals surface area contributed by atoms with Crippen molar-refractivity contribution in [3.8, 4) is 0 Å². The van der Waals surface area contributed by atoms with Crippen LogP contribution < -0.4 is 10.6 Å². The Morgan fingerprint density at radius 1 is 1.15 bits per heavy atom. The van der Waals surface area contributed by atoms with Gasteiger partial charge in [-0.2, -0.15) is 0 Å². The second-order valence-corrected chi connectivity index (χ2v) is 8.78. The maximum Gasteiger partial charge on any atom is 0.269 e. The Morgan fingerprint density at radius 2 is 1.88 bits per heavy atom. The lowest BCUT2D eigenvalue weighted by molar-refractivity contribution is -0.384. The van der Waals surface area contributed by atoms with Crippen molar-refractivity contribution in [2.45, 2.75) is 31.8 Å². The average molecular weight is 572 g/mol. The molecule has 1 amide bonds. The second-order valence-electron chi connectivity index (χ2n) is 8.78. The van der Waals surface area contributed by atoms with Crippen LogP contribution in [0.4, 0.5) is 5.69 Å². The van der Waals surface area contributed by atoms with E-state index in [4.69, 9.17) is 9.73 Å². The largest absolute Gasteiger partial charge is 0.381 e. The summed E-state index contributed by atoms with van der Waals surface area (Å²) in [7, 11) is 0. The van der Waals surface area contributed by atoms with Crippen molar-refractivity contribution < 1.29 is 14.5 Å². The number of ether oxygens (including phenoxy) is 1. The van der Waals surface area contributed by atoms with Gasteiger partial charge in [-0.25, -0.2) is 4.99 Å². The summed E-state index contributed by atoms with van der Waals surface area (Å²) < 4.78 is 5.48. The van der Waals surface area contributed by atoms with E-state index in [1.54, 1.807) is 12.1 Å². The molecule has 1 unspecified atom stereocenters. The molecule has 0 radical (unpaired) electrons. The number of carbonyl (C=O) groups is 1. The van der Waals surface area contributed by atoms with Gasteiger partial charge in [0.1, 0.15) is 0 Å². The Kier molecular flexibility index (Phi) is 9.68. The Hall–Kier alpha value is -1.99. The Labute approximate surface area is 211 Å². The number of piperazine rings is 1. The third kappa shape index (κ3) is 8.07. The number of nitro benzene ring substituents is 1. The molecule has 4 rings (SSSR count). The van der Waals surface area contributed by atoms with Crippen LogP contribution in [-0.4, -0.2) is 85.1 Å². The number of nitrogens with zero attached hydrogens (tertiary/aromatic N) is 4. The second kappa shape index (κ2) is 12.5. The van der Waals surface area contributed by atoms with E-state index < -0.39 is 4.92 Å². The van der Waals surface area contributed by atoms with E-state index in [2.05, 4.69) is 20.4 Å². The van der Waals surface area contributed by atoms with Gasteiger partial charge in [0, 0.05) is 63.4 Å². The molecule has 2 saturated heterocycles. The number of halogens is 1. The summed E-state index contributed by atoms with van der Waals surface area (Å²) in [6.07, 6.45) is 3.25. The number of aliphatic imine (C=N–C) groups is 1. The fourth-order valence-corrected chi connectivity index (χ4v) is 3.96. The zero-order valence-electron chi connectivity index (χ0n) is 18.8. The van der Waals surface area contributed by atoms with Crippen LogP contribution in [0.5, 0.6) is 0 Å². The number of benzene rings is 1. The number of amides is 1. The zero-order valence-corrected chi connectivity index (χ0v) is 21.1. The van der Waals surface area contributed by atoms with E-state index in [0.717, 1.165) is 76.7 Å². The van der Waals surface area contributed by atoms with Gasteiger partial charge in [0.05, 0.1) is 24.6 Å². The van der Waals surface area contributed by atoms with Gasteiger partial charge in [-0.15, -0.1) is 24.0 Å². The predicted octanol–water partition coefficient (Wildman–Crippen LogP) is 1.59. The molecule has 0 bridgehead atoms. The van der Waals surface area contributed by atoms with Gasteiger partial charge in [-0.05, 0) is 24.8 Å². The molecule has 1 aliphatic carbocycles. The van der Waals surface area contributed by atoms with Crippen molar-refractivity contribution in [2.24, 2.45) is 10.9 Å². The minimum absolute atomic E-state index is 0. The fourth-order valence-electron chi connectivity index (χ4n) is 3.96. The number of hydrogen-bond acceptors (Lipinski definition) is 6. The summed E-state index contributed by atoms with van der Waals surface area (Å²) in [6.45, 7) is 6.50. The van der Waals surface area contributed by atoms with Crippen molar-refractivity contribution in [1.29, 1.82) is 0 Å². The number of guanidine groups is 1. The van der Waals surface area contributed by atoms with E-state index in [0.29, 0.717) is 25.0 Å². The molecule has 0 spiro atoms. The Balaban J connectivity index is 0.00000306. The lowest BCUT2D eigenvalue weighted by atomic mass is 10.1. The van der Waals surface area contributed by atoms with Gasteiger partial charge < -0.3 is 20.3 Å². The third-order valence-corrected chi connectivity index (χ3v) is 6.11. The van der Waals surface area contributed by atoms with Crippen molar-refractivity contribution in [2.75, 3.05) is 52.5 Å². The summed E-state index contributed by atoms with van der Waals surface area (Å²) in [5.41, 5.74) is 1.01. The van der Waals surface area contributed by atoms with Crippen molar-refractivity contribution in [3.05, 3.63) is 39.9 Å². The predicted molar refractivity (Wildman–Crippen MR) is 136 cm³/mol. The minimum atomic E-state index is -0.395. The van der Waals surface area contributed by atoms with Gasteiger partial charge in [0.15, 0.2) is 5.96 Å². The van der Waals surface area contributed by atoms with Gasteiger partial charge in [0.2, 0.25) is 5.91 Å². The highest BCUT2D eigenvalue weighted by Crippen LogP contribution is 2.18. The molecule has 2 N–H and O–H groups in total. The van der Waals surface area contributed by atoms with Crippen molar-refractivity contribution in [3.63, 3.8) is 0 Å². The maximum atomic E-state index is 12.1. The molecule has 11 heteroatoms. The third-order valence-electron chi connectivity index (χ3n) is 6.11. The Morgan fingerprint density at radius 3 is 2.48 bits per heavy atom. The lowest BCUT2D eigenvalue weighted by Crippen LogP contribution is -2.54. The molecule has 0 aromatic heterocycles. The van der Waals surface area contributed by atoms with Crippen molar-refractivity contribution in [1.82, 2.24) is 20.4 Å². The Bertz CT molecular complexity index is 819. The highest BCUT2D eigenvalue weighted by atomic mass is 127. The lowest BCUT2D eigenvalue weighted by Gasteiger charge is -2.36. The SMILES string of the molecule is I.O=C(CN1CCN(C(=NCc2ccc([N+](=O)[O-])cc2)NCC2CCOC2)CC1)NC1CC1. The van der Waals surface area contributed by atoms with E-state index in [-0.39, 0.29) is 35.6 Å². The molecular formula is C22H33IN6O4. The average Bonchev–Trinajstić information content (AvgIpc) is 3.44. The van der Waals surface area contributed by atoms with Crippen LogP contribution in [0, 0.1) is 16.0 Å². The standard InChI is InChI=1S/C22H32N6O4.HI/c29-21(25-19-3-4-19)15-26-8-10-27(11-9-26)22(24-14-18-7-12-32-16-18)23-13-17-1-5-20(6-2-17)28(30)31;/h1-2,5-6,18-19H,3-4,7-16H2,(H,23,24)(H,25,29);1H. The number of rotatable bonds is 8. The number of non-ortho nitro benzene ring substituents is 1. The number of nitrogens with one attached hydrogen (secondary N) is 2. The zero-order chi connectivity index (χ0) is 22.3. The highest BCUT2D eigenvalue weighted by Gasteiger charge is 2.26. The molecule has 10 nitrogen and oxygen atoms in total. The first-order chi connectivity index (χ1) is 15.6. The van der Waals surface area contributed by atoms with Gasteiger partial charge >= 0.3 is 0 Å². The molecular weight excluding hydrogens is 539 g/mol. The molecule has 2 aliphatic heterocycles. The first-order valence-electron chi connectivity index (χ1n) is 11.4. The first kappa shape index (κ1) is 25.6. The van der Waals surface area contributed by atoms with Crippen LogP contribution in [0.1, 0.15) is 24.8 Å². The smallest absolute Gasteiger partial charge is 0.269 e. The molecule has 1 saturated carbocycles. The molecule has 182 valence electrons. The molecule has 33 heavy (non-hydrogen) atoms. The number of carbonyl (C=O) groups excluding carboxylic acids is 1. The van der Waals surface area contributed by atoms with Crippen molar-refractivity contribution >= 4 is 41.5 Å². The normalized spacial score (nSPS) is 21.4. The van der Waals surface area contributed by atoms with Crippen LogP contribution in [0.15, 0.2) is 29.3 Å². The van der Waals surface area contributed by atoms with Gasteiger partial charge in [0.25, 0.3) is 5.69 Å². The van der Waals surface area contributed by atoms with Gasteiger partial charge in [-0.3, -0.25) is 19.8 Å². The van der Waals surface area contributed by atoms with E-state index in [9.17, 15) is 14.9 Å². The van der Waals surface area contributed by atoms with Crippen LogP contribution in [-0.2, 0) is 16.1 Å². The monoisotopic (exact) mass is 572 g/mol. The minimum Gasteiger partial charge on any atom is -0.381 e. The molecule has 3 fully saturated rings. The topological polar surface area (TPSA) is 112 Å². The number of nitro groups is 1. The summed E-state index contributed by atoms with van der Waals surface area (Å²) in [6, 6.07) is 6.92. The molecule has 1 aromatic rings. The highest BCUT2D eigenvalue weighted by molar-refractivity contribution is 14.0. The number of hydrogen-bond donors (Lipinski definition) is 2. The molecule has 3 aliphatic rings. The summed E-state index contributed by atoms with van der Waals surface area (Å²) in [4.78, 5) is 31.8. The van der Waals surface area contributed by atoms with E-state index in [1.807, 2.05) is 0 Å². The van der Waals surface area contributed by atoms with E-state index in [1.165, 1.54) is 12.1 Å².